The molecule has 0 amide bonds. The van der Waals surface area contributed by atoms with Crippen LogP contribution in [0.25, 0.3) is 0 Å². The molecule has 0 bridgehead atoms. The summed E-state index contributed by atoms with van der Waals surface area (Å²) in [4.78, 5) is 15.5. The molecular weight excluding hydrogens is 520 g/mol. The number of carbonyl (C=O) groups excluding carboxylic acids is 1. The predicted octanol–water partition coefficient (Wildman–Crippen LogP) is 8.75. The second kappa shape index (κ2) is 10.9. The van der Waals surface area contributed by atoms with Gasteiger partial charge in [-0.2, -0.15) is 0 Å². The van der Waals surface area contributed by atoms with Crippen molar-refractivity contribution in [3.8, 4) is 11.5 Å². The summed E-state index contributed by atoms with van der Waals surface area (Å²) in [6.45, 7) is 5.27. The minimum atomic E-state index is -1.05. The van der Waals surface area contributed by atoms with Gasteiger partial charge in [0.1, 0.15) is 11.5 Å². The van der Waals surface area contributed by atoms with Crippen LogP contribution in [0.15, 0.2) is 91.0 Å². The van der Waals surface area contributed by atoms with Crippen LogP contribution in [0.2, 0.25) is 5.02 Å². The molecule has 2 aliphatic rings. The molecule has 2 unspecified atom stereocenters. The van der Waals surface area contributed by atoms with Gasteiger partial charge in [0.15, 0.2) is 5.60 Å². The van der Waals surface area contributed by atoms with E-state index in [-0.39, 0.29) is 12.1 Å². The van der Waals surface area contributed by atoms with Gasteiger partial charge in [-0.1, -0.05) is 86.8 Å². The standard InChI is InChI=1S/C34H33ClN2O3/c1-3-5-21-37(32(12-4-2)36-29-17-10-9-16-28(29)35)23-19-20-27-31(22-23)39-30-18-11-8-15-26(30)34(27)25-14-7-6-13-24(25)33(38)40-34/h6-11,13-20,22,32,36H,3-5,12,21H2,1-2H3. The molecule has 4 aromatic carbocycles. The van der Waals surface area contributed by atoms with Crippen LogP contribution in [0.3, 0.4) is 0 Å². The highest BCUT2D eigenvalue weighted by Crippen LogP contribution is 2.56. The average Bonchev–Trinajstić information content (AvgIpc) is 3.27. The van der Waals surface area contributed by atoms with E-state index in [0.717, 1.165) is 60.3 Å². The molecule has 1 spiro atoms. The molecule has 2 heterocycles. The maximum atomic E-state index is 13.1. The van der Waals surface area contributed by atoms with Crippen molar-refractivity contribution in [2.24, 2.45) is 0 Å². The molecule has 40 heavy (non-hydrogen) atoms. The zero-order valence-corrected chi connectivity index (χ0v) is 23.6. The van der Waals surface area contributed by atoms with Crippen LogP contribution in [0.5, 0.6) is 11.5 Å². The largest absolute Gasteiger partial charge is 0.456 e. The molecular formula is C34H33ClN2O3. The van der Waals surface area contributed by atoms with Crippen LogP contribution in [0.1, 0.15) is 66.6 Å². The van der Waals surface area contributed by atoms with Crippen LogP contribution in [-0.2, 0) is 10.3 Å². The fourth-order valence-electron chi connectivity index (χ4n) is 5.92. The van der Waals surface area contributed by atoms with Crippen molar-refractivity contribution in [1.82, 2.24) is 0 Å². The number of unbranched alkanes of at least 4 members (excludes halogenated alkanes) is 1. The van der Waals surface area contributed by atoms with E-state index in [1.807, 2.05) is 72.8 Å². The van der Waals surface area contributed by atoms with E-state index in [4.69, 9.17) is 21.1 Å². The predicted molar refractivity (Wildman–Crippen MR) is 161 cm³/mol. The van der Waals surface area contributed by atoms with Crippen molar-refractivity contribution >= 4 is 28.9 Å². The van der Waals surface area contributed by atoms with E-state index in [9.17, 15) is 4.79 Å². The van der Waals surface area contributed by atoms with Gasteiger partial charge < -0.3 is 19.7 Å². The zero-order chi connectivity index (χ0) is 27.7. The molecule has 1 N–H and O–H groups in total. The van der Waals surface area contributed by atoms with Gasteiger partial charge in [-0.05, 0) is 49.2 Å². The lowest BCUT2D eigenvalue weighted by molar-refractivity contribution is 0.0224. The van der Waals surface area contributed by atoms with Gasteiger partial charge in [0.2, 0.25) is 0 Å². The van der Waals surface area contributed by atoms with E-state index in [2.05, 4.69) is 42.3 Å². The third-order valence-corrected chi connectivity index (χ3v) is 8.15. The van der Waals surface area contributed by atoms with Crippen LogP contribution in [-0.4, -0.2) is 18.7 Å². The van der Waals surface area contributed by atoms with E-state index in [0.29, 0.717) is 22.1 Å². The van der Waals surface area contributed by atoms with E-state index >= 15 is 0 Å². The van der Waals surface area contributed by atoms with Gasteiger partial charge in [-0.3, -0.25) is 0 Å². The molecule has 5 nitrogen and oxygen atoms in total. The number of nitrogens with zero attached hydrogens (tertiary/aromatic N) is 1. The summed E-state index contributed by atoms with van der Waals surface area (Å²) >= 11 is 6.55. The lowest BCUT2D eigenvalue weighted by Crippen LogP contribution is -2.42. The first-order chi connectivity index (χ1) is 19.6. The van der Waals surface area contributed by atoms with Crippen molar-refractivity contribution in [2.75, 3.05) is 16.8 Å². The van der Waals surface area contributed by atoms with Crippen molar-refractivity contribution in [3.63, 3.8) is 0 Å². The number of carbonyl (C=O) groups is 1. The minimum Gasteiger partial charge on any atom is -0.456 e. The number of benzene rings is 4. The van der Waals surface area contributed by atoms with Crippen molar-refractivity contribution < 1.29 is 14.3 Å². The highest BCUT2D eigenvalue weighted by Gasteiger charge is 2.53. The minimum absolute atomic E-state index is 0.0318. The normalized spacial score (nSPS) is 17.3. The second-order valence-electron chi connectivity index (χ2n) is 10.4. The van der Waals surface area contributed by atoms with Crippen molar-refractivity contribution in [3.05, 3.63) is 118 Å². The third-order valence-electron chi connectivity index (χ3n) is 7.82. The number of fused-ring (bicyclic) bond motifs is 6. The number of rotatable bonds is 9. The zero-order valence-electron chi connectivity index (χ0n) is 22.8. The van der Waals surface area contributed by atoms with E-state index in [1.54, 1.807) is 0 Å². The Morgan fingerprint density at radius 2 is 1.57 bits per heavy atom. The molecule has 0 saturated heterocycles. The molecule has 0 aliphatic carbocycles. The number of para-hydroxylation sites is 2. The Morgan fingerprint density at radius 3 is 2.38 bits per heavy atom. The van der Waals surface area contributed by atoms with Gasteiger partial charge in [0, 0.05) is 35.0 Å². The summed E-state index contributed by atoms with van der Waals surface area (Å²) in [5.74, 6) is 1.06. The molecule has 6 heteroatoms. The van der Waals surface area contributed by atoms with Crippen molar-refractivity contribution in [1.29, 1.82) is 0 Å². The first kappa shape index (κ1) is 26.3. The maximum absolute atomic E-state index is 13.1. The first-order valence-electron chi connectivity index (χ1n) is 14.1. The molecule has 6 rings (SSSR count). The number of hydrogen-bond donors (Lipinski definition) is 1. The number of anilines is 2. The Kier molecular flexibility index (Phi) is 7.16. The van der Waals surface area contributed by atoms with Crippen molar-refractivity contribution in [2.45, 2.75) is 51.3 Å². The molecule has 0 saturated carbocycles. The Labute approximate surface area is 240 Å². The number of hydrogen-bond acceptors (Lipinski definition) is 5. The third kappa shape index (κ3) is 4.39. The smallest absolute Gasteiger partial charge is 0.340 e. The Bertz CT molecular complexity index is 1550. The fraction of sp³-hybridized carbons (Fsp3) is 0.265. The lowest BCUT2D eigenvalue weighted by Gasteiger charge is -2.39. The van der Waals surface area contributed by atoms with E-state index in [1.165, 1.54) is 0 Å². The second-order valence-corrected chi connectivity index (χ2v) is 10.8. The highest BCUT2D eigenvalue weighted by atomic mass is 35.5. The fourth-order valence-corrected chi connectivity index (χ4v) is 6.11. The first-order valence-corrected chi connectivity index (χ1v) is 14.5. The topological polar surface area (TPSA) is 50.8 Å². The van der Waals surface area contributed by atoms with Gasteiger partial charge >= 0.3 is 5.97 Å². The Morgan fingerprint density at radius 1 is 0.850 bits per heavy atom. The van der Waals surface area contributed by atoms with Crippen LogP contribution < -0.4 is 15.0 Å². The number of esters is 1. The lowest BCUT2D eigenvalue weighted by atomic mass is 9.77. The molecule has 4 aromatic rings. The quantitative estimate of drug-likeness (QED) is 0.166. The Hall–Kier alpha value is -3.96. The molecule has 0 aromatic heterocycles. The van der Waals surface area contributed by atoms with Gasteiger partial charge in [-0.25, -0.2) is 4.79 Å². The molecule has 2 aliphatic heterocycles. The van der Waals surface area contributed by atoms with Crippen LogP contribution >= 0.6 is 11.6 Å². The number of halogens is 1. The van der Waals surface area contributed by atoms with Crippen LogP contribution in [0, 0.1) is 0 Å². The monoisotopic (exact) mass is 552 g/mol. The van der Waals surface area contributed by atoms with Gasteiger partial charge in [0.05, 0.1) is 22.4 Å². The molecule has 204 valence electrons. The SMILES string of the molecule is CCCCN(c1ccc2c(c1)Oc1ccccc1C21OC(=O)c2ccccc21)C(CCC)Nc1ccccc1Cl. The summed E-state index contributed by atoms with van der Waals surface area (Å²) in [5, 5.41) is 4.40. The summed E-state index contributed by atoms with van der Waals surface area (Å²) in [6.07, 6.45) is 4.09. The highest BCUT2D eigenvalue weighted by molar-refractivity contribution is 6.33. The maximum Gasteiger partial charge on any atom is 0.340 e. The summed E-state index contributed by atoms with van der Waals surface area (Å²) in [5.41, 5.74) is 4.00. The average molecular weight is 553 g/mol. The number of ether oxygens (including phenoxy) is 2. The summed E-state index contributed by atoms with van der Waals surface area (Å²) in [7, 11) is 0. The van der Waals surface area contributed by atoms with Gasteiger partial charge in [0.25, 0.3) is 0 Å². The summed E-state index contributed by atoms with van der Waals surface area (Å²) < 4.78 is 12.8. The Balaban J connectivity index is 1.46. The summed E-state index contributed by atoms with van der Waals surface area (Å²) in [6, 6.07) is 29.6. The van der Waals surface area contributed by atoms with Gasteiger partial charge in [-0.15, -0.1) is 0 Å². The molecule has 2 atom stereocenters. The molecule has 0 fully saturated rings. The molecule has 0 radical (unpaired) electrons. The van der Waals surface area contributed by atoms with E-state index < -0.39 is 5.60 Å². The number of nitrogens with one attached hydrogen (secondary N) is 1. The van der Waals surface area contributed by atoms with Crippen LogP contribution in [0.4, 0.5) is 11.4 Å².